The Hall–Kier alpha value is -1.02. The SMILES string of the molecule is NC1CCC(c2ccc(Cl)c(Cl)c2)[13c]2[13cH][13cH][13cH][13cH][13c]21. The van der Waals surface area contributed by atoms with Crippen LogP contribution in [0, 0.1) is 0 Å². The summed E-state index contributed by atoms with van der Waals surface area (Å²) in [5.41, 5.74) is 9.98. The standard InChI is InChI=1S/C16H15Cl2N/c17-14-7-5-10(9-15(14)18)11-6-8-16(19)13-4-2-1-3-12(11)13/h1-5,7,9,11,16H,6,8,19H2/i1+1,2+1,3+1,4+1,12+1,13+1. The van der Waals surface area contributed by atoms with E-state index in [9.17, 15) is 0 Å². The highest BCUT2D eigenvalue weighted by Gasteiger charge is 2.26. The van der Waals surface area contributed by atoms with Crippen LogP contribution < -0.4 is 5.73 Å². The fourth-order valence-corrected chi connectivity index (χ4v) is 3.21. The molecular formula is C16H15Cl2N. The zero-order valence-electron chi connectivity index (χ0n) is 10.4. The molecule has 2 atom stereocenters. The van der Waals surface area contributed by atoms with Crippen molar-refractivity contribution in [3.63, 3.8) is 0 Å². The zero-order chi connectivity index (χ0) is 13.4. The Balaban J connectivity index is 2.07. The van der Waals surface area contributed by atoms with Crippen LogP contribution in [0.5, 0.6) is 0 Å². The topological polar surface area (TPSA) is 26.0 Å². The summed E-state index contributed by atoms with van der Waals surface area (Å²) in [6, 6.07) is 14.5. The highest BCUT2D eigenvalue weighted by molar-refractivity contribution is 6.42. The van der Waals surface area contributed by atoms with Gasteiger partial charge in [0.1, 0.15) is 0 Å². The van der Waals surface area contributed by atoms with E-state index >= 15 is 0 Å². The van der Waals surface area contributed by atoms with E-state index in [-0.39, 0.29) is 6.04 Å². The minimum atomic E-state index is 0.148. The molecule has 0 bridgehead atoms. The van der Waals surface area contributed by atoms with Gasteiger partial charge in [-0.25, -0.2) is 0 Å². The lowest BCUT2D eigenvalue weighted by Gasteiger charge is -2.30. The molecule has 0 aliphatic heterocycles. The molecule has 2 aromatic rings. The van der Waals surface area contributed by atoms with E-state index in [2.05, 4.69) is 30.3 Å². The van der Waals surface area contributed by atoms with Crippen LogP contribution in [0.4, 0.5) is 0 Å². The number of benzene rings is 2. The molecule has 98 valence electrons. The predicted octanol–water partition coefficient (Wildman–Crippen LogP) is 4.92. The Morgan fingerprint density at radius 2 is 1.63 bits per heavy atom. The average Bonchev–Trinajstić information content (AvgIpc) is 2.43. The van der Waals surface area contributed by atoms with Gasteiger partial charge in [0, 0.05) is 12.0 Å². The second-order valence-electron chi connectivity index (χ2n) is 5.04. The van der Waals surface area contributed by atoms with E-state index in [0.29, 0.717) is 16.0 Å². The first-order valence-corrected chi connectivity index (χ1v) is 7.22. The van der Waals surface area contributed by atoms with Crippen molar-refractivity contribution < 1.29 is 0 Å². The van der Waals surface area contributed by atoms with Gasteiger partial charge < -0.3 is 5.73 Å². The zero-order valence-corrected chi connectivity index (χ0v) is 12.0. The number of hydrogen-bond donors (Lipinski definition) is 1. The summed E-state index contributed by atoms with van der Waals surface area (Å²) in [5.74, 6) is 0.366. The van der Waals surface area contributed by atoms with Crippen LogP contribution in [-0.4, -0.2) is 0 Å². The minimum absolute atomic E-state index is 0.148. The van der Waals surface area contributed by atoms with Crippen LogP contribution in [0.25, 0.3) is 0 Å². The maximum atomic E-state index is 6.19. The van der Waals surface area contributed by atoms with Gasteiger partial charge in [-0.1, -0.05) is 53.5 Å². The molecule has 2 unspecified atom stereocenters. The lowest BCUT2D eigenvalue weighted by molar-refractivity contribution is 0.530. The molecule has 3 rings (SSSR count). The third kappa shape index (κ3) is 2.38. The first-order valence-electron chi connectivity index (χ1n) is 6.46. The molecule has 19 heavy (non-hydrogen) atoms. The summed E-state index contributed by atoms with van der Waals surface area (Å²) in [5, 5.41) is 1.22. The van der Waals surface area contributed by atoms with Gasteiger partial charge in [0.25, 0.3) is 0 Å². The summed E-state index contributed by atoms with van der Waals surface area (Å²) in [6.07, 6.45) is 2.05. The molecule has 1 aliphatic rings. The van der Waals surface area contributed by atoms with Gasteiger partial charge in [-0.05, 0) is 41.7 Å². The van der Waals surface area contributed by atoms with E-state index in [1.165, 1.54) is 16.7 Å². The van der Waals surface area contributed by atoms with Gasteiger partial charge in [0.2, 0.25) is 0 Å². The number of fused-ring (bicyclic) bond motifs is 1. The maximum Gasteiger partial charge on any atom is 0.0595 e. The van der Waals surface area contributed by atoms with Crippen LogP contribution in [0.3, 0.4) is 0 Å². The minimum Gasteiger partial charge on any atom is -0.324 e. The number of halogens is 2. The van der Waals surface area contributed by atoms with Crippen LogP contribution in [0.15, 0.2) is 42.5 Å². The largest absolute Gasteiger partial charge is 0.324 e. The number of nitrogens with two attached hydrogens (primary N) is 1. The Labute approximate surface area is 123 Å². The van der Waals surface area contributed by atoms with Crippen molar-refractivity contribution in [2.24, 2.45) is 5.73 Å². The second kappa shape index (κ2) is 5.16. The summed E-state index contributed by atoms with van der Waals surface area (Å²) < 4.78 is 0. The molecule has 2 aromatic carbocycles. The van der Waals surface area contributed by atoms with E-state index in [1.54, 1.807) is 0 Å². The molecule has 0 saturated carbocycles. The molecule has 0 radical (unpaired) electrons. The Kier molecular flexibility index (Phi) is 3.53. The van der Waals surface area contributed by atoms with Crippen molar-refractivity contribution in [2.75, 3.05) is 0 Å². The van der Waals surface area contributed by atoms with Gasteiger partial charge >= 0.3 is 0 Å². The van der Waals surface area contributed by atoms with Crippen molar-refractivity contribution in [1.29, 1.82) is 0 Å². The third-order valence-electron chi connectivity index (χ3n) is 3.88. The van der Waals surface area contributed by atoms with Crippen molar-refractivity contribution >= 4 is 23.2 Å². The first-order chi connectivity index (χ1) is 9.16. The molecule has 3 heteroatoms. The van der Waals surface area contributed by atoms with Gasteiger partial charge in [-0.15, -0.1) is 0 Å². The Morgan fingerprint density at radius 3 is 2.37 bits per heavy atom. The molecule has 0 aromatic heterocycles. The van der Waals surface area contributed by atoms with E-state index in [0.717, 1.165) is 12.8 Å². The van der Waals surface area contributed by atoms with Crippen molar-refractivity contribution in [3.05, 3.63) is 69.2 Å². The Morgan fingerprint density at radius 1 is 0.895 bits per heavy atom. The molecule has 1 nitrogen and oxygen atoms in total. The lowest BCUT2D eigenvalue weighted by Crippen LogP contribution is -2.20. The Bertz CT molecular complexity index is 609. The molecule has 2 N–H and O–H groups in total. The maximum absolute atomic E-state index is 6.19. The van der Waals surface area contributed by atoms with Crippen LogP contribution in [0.1, 0.15) is 41.5 Å². The molecule has 0 heterocycles. The summed E-state index contributed by atoms with van der Waals surface area (Å²) >= 11 is 12.1. The normalized spacial score (nSPS) is 22.1. The van der Waals surface area contributed by atoms with Crippen molar-refractivity contribution in [2.45, 2.75) is 24.8 Å². The third-order valence-corrected chi connectivity index (χ3v) is 4.62. The predicted molar refractivity (Wildman–Crippen MR) is 80.9 cm³/mol. The summed E-state index contributed by atoms with van der Waals surface area (Å²) in [7, 11) is 0. The van der Waals surface area contributed by atoms with E-state index in [1.807, 2.05) is 12.1 Å². The molecule has 1 aliphatic carbocycles. The van der Waals surface area contributed by atoms with E-state index in [4.69, 9.17) is 28.9 Å². The summed E-state index contributed by atoms with van der Waals surface area (Å²) in [6.45, 7) is 0. The molecule has 0 spiro atoms. The van der Waals surface area contributed by atoms with Crippen LogP contribution >= 0.6 is 23.2 Å². The van der Waals surface area contributed by atoms with Crippen LogP contribution in [-0.2, 0) is 0 Å². The van der Waals surface area contributed by atoms with Crippen molar-refractivity contribution in [3.8, 4) is 0 Å². The van der Waals surface area contributed by atoms with Crippen molar-refractivity contribution in [1.82, 2.24) is 0 Å². The van der Waals surface area contributed by atoms with Gasteiger partial charge in [0.05, 0.1) is 10.0 Å². The lowest BCUT2D eigenvalue weighted by atomic mass is 9.95. The fraction of sp³-hybridized carbons (Fsp3) is 0.250. The molecule has 0 fully saturated rings. The highest BCUT2D eigenvalue weighted by atomic mass is 35.5. The van der Waals surface area contributed by atoms with Gasteiger partial charge in [-0.3, -0.25) is 0 Å². The first kappa shape index (κ1) is 13.0. The smallest absolute Gasteiger partial charge is 0.0595 e. The van der Waals surface area contributed by atoms with Crippen LogP contribution in [0.2, 0.25) is 10.0 Å². The quantitative estimate of drug-likeness (QED) is 0.794. The average molecular weight is 298 g/mol. The number of rotatable bonds is 1. The van der Waals surface area contributed by atoms with Gasteiger partial charge in [0.15, 0.2) is 0 Å². The molecule has 0 amide bonds. The monoisotopic (exact) mass is 297 g/mol. The molecular weight excluding hydrogens is 283 g/mol. The number of hydrogen-bond acceptors (Lipinski definition) is 1. The highest BCUT2D eigenvalue weighted by Crippen LogP contribution is 2.41. The molecule has 0 saturated heterocycles. The second-order valence-corrected chi connectivity index (χ2v) is 5.85. The van der Waals surface area contributed by atoms with E-state index < -0.39 is 0 Å². The fourth-order valence-electron chi connectivity index (χ4n) is 2.90. The summed E-state index contributed by atoms with van der Waals surface area (Å²) in [4.78, 5) is 0. The van der Waals surface area contributed by atoms with Gasteiger partial charge in [-0.2, -0.15) is 0 Å².